The van der Waals surface area contributed by atoms with Gasteiger partial charge in [0, 0.05) is 6.07 Å². The predicted molar refractivity (Wildman–Crippen MR) is 95.8 cm³/mol. The minimum Gasteiger partial charge on any atom is -0.479 e. The molecule has 0 N–H and O–H groups in total. The molecule has 0 bridgehead atoms. The Morgan fingerprint density at radius 2 is 1.81 bits per heavy atom. The average Bonchev–Trinajstić information content (AvgIpc) is 2.65. The first-order valence-corrected chi connectivity index (χ1v) is 8.04. The van der Waals surface area contributed by atoms with Crippen molar-refractivity contribution in [3.8, 4) is 17.2 Å². The highest BCUT2D eigenvalue weighted by Gasteiger charge is 2.17. The molecular weight excluding hydrogens is 336 g/mol. The monoisotopic (exact) mass is 354 g/mol. The number of ether oxygens (including phenoxy) is 3. The van der Waals surface area contributed by atoms with Gasteiger partial charge in [0.05, 0.1) is 12.5 Å². The second-order valence-corrected chi connectivity index (χ2v) is 5.67. The lowest BCUT2D eigenvalue weighted by Crippen LogP contribution is -2.24. The van der Waals surface area contributed by atoms with Gasteiger partial charge in [0.25, 0.3) is 0 Å². The maximum atomic E-state index is 12.7. The molecule has 0 saturated heterocycles. The van der Waals surface area contributed by atoms with Crippen molar-refractivity contribution in [1.82, 2.24) is 0 Å². The number of para-hydroxylation sites is 1. The summed E-state index contributed by atoms with van der Waals surface area (Å²) in [5.41, 5.74) is 0.0719. The van der Waals surface area contributed by atoms with E-state index in [0.29, 0.717) is 28.2 Å². The quantitative estimate of drug-likeness (QED) is 0.648. The van der Waals surface area contributed by atoms with Crippen molar-refractivity contribution in [3.63, 3.8) is 0 Å². The zero-order valence-electron chi connectivity index (χ0n) is 14.6. The minimum atomic E-state index is -0.772. The molecule has 1 unspecified atom stereocenters. The lowest BCUT2D eigenvalue weighted by atomic mass is 10.2. The van der Waals surface area contributed by atoms with E-state index in [1.807, 2.05) is 18.2 Å². The summed E-state index contributed by atoms with van der Waals surface area (Å²) in [4.78, 5) is 24.2. The number of hydrogen-bond acceptors (Lipinski definition) is 6. The van der Waals surface area contributed by atoms with Crippen LogP contribution in [0.2, 0.25) is 0 Å². The highest BCUT2D eigenvalue weighted by atomic mass is 16.6. The Balaban J connectivity index is 1.96. The van der Waals surface area contributed by atoms with Crippen LogP contribution in [0.4, 0.5) is 0 Å². The molecule has 134 valence electrons. The average molecular weight is 354 g/mol. The fraction of sp³-hybridized carbons (Fsp3) is 0.200. The van der Waals surface area contributed by atoms with Gasteiger partial charge in [-0.25, -0.2) is 4.79 Å². The number of rotatable bonds is 5. The SMILES string of the molecule is COC(=O)C(C)Oc1ccc2c(=O)c(Oc3ccccc3)c(C)oc2c1. The van der Waals surface area contributed by atoms with Crippen molar-refractivity contribution in [2.75, 3.05) is 7.11 Å². The fourth-order valence-corrected chi connectivity index (χ4v) is 2.48. The van der Waals surface area contributed by atoms with Crippen LogP contribution in [0.15, 0.2) is 57.7 Å². The van der Waals surface area contributed by atoms with Crippen LogP contribution in [0.5, 0.6) is 17.2 Å². The van der Waals surface area contributed by atoms with Gasteiger partial charge >= 0.3 is 5.97 Å². The Labute approximate surface area is 149 Å². The smallest absolute Gasteiger partial charge is 0.346 e. The summed E-state index contributed by atoms with van der Waals surface area (Å²) in [6.45, 7) is 3.23. The summed E-state index contributed by atoms with van der Waals surface area (Å²) in [7, 11) is 1.29. The van der Waals surface area contributed by atoms with Crippen molar-refractivity contribution >= 4 is 16.9 Å². The summed E-state index contributed by atoms with van der Waals surface area (Å²) in [5.74, 6) is 0.947. The van der Waals surface area contributed by atoms with Gasteiger partial charge in [0.15, 0.2) is 6.10 Å². The summed E-state index contributed by atoms with van der Waals surface area (Å²) in [5, 5.41) is 0.361. The van der Waals surface area contributed by atoms with E-state index < -0.39 is 12.1 Å². The molecule has 2 aromatic carbocycles. The van der Waals surface area contributed by atoms with Crippen LogP contribution in [-0.2, 0) is 9.53 Å². The third kappa shape index (κ3) is 3.54. The van der Waals surface area contributed by atoms with Gasteiger partial charge in [0.1, 0.15) is 22.8 Å². The first-order valence-electron chi connectivity index (χ1n) is 8.04. The summed E-state index contributed by atoms with van der Waals surface area (Å²) in [6, 6.07) is 13.8. The molecule has 3 rings (SSSR count). The first kappa shape index (κ1) is 17.5. The molecule has 1 heterocycles. The number of benzene rings is 2. The van der Waals surface area contributed by atoms with E-state index in [-0.39, 0.29) is 11.2 Å². The molecule has 26 heavy (non-hydrogen) atoms. The Morgan fingerprint density at radius 1 is 1.08 bits per heavy atom. The number of carbonyl (C=O) groups is 1. The Morgan fingerprint density at radius 3 is 2.50 bits per heavy atom. The third-order valence-electron chi connectivity index (χ3n) is 3.80. The van der Waals surface area contributed by atoms with E-state index >= 15 is 0 Å². The summed E-state index contributed by atoms with van der Waals surface area (Å²) < 4.78 is 21.6. The third-order valence-corrected chi connectivity index (χ3v) is 3.80. The van der Waals surface area contributed by atoms with Gasteiger partial charge < -0.3 is 18.6 Å². The number of aryl methyl sites for hydroxylation is 1. The molecular formula is C20H18O6. The number of esters is 1. The molecule has 6 nitrogen and oxygen atoms in total. The topological polar surface area (TPSA) is 75.0 Å². The van der Waals surface area contributed by atoms with Crippen LogP contribution in [0, 0.1) is 6.92 Å². The molecule has 6 heteroatoms. The highest BCUT2D eigenvalue weighted by molar-refractivity contribution is 5.80. The number of fused-ring (bicyclic) bond motifs is 1. The second kappa shape index (κ2) is 7.31. The van der Waals surface area contributed by atoms with Crippen molar-refractivity contribution in [3.05, 3.63) is 64.5 Å². The van der Waals surface area contributed by atoms with Crippen LogP contribution in [0.3, 0.4) is 0 Å². The van der Waals surface area contributed by atoms with Gasteiger partial charge in [-0.2, -0.15) is 0 Å². The van der Waals surface area contributed by atoms with Crippen molar-refractivity contribution in [1.29, 1.82) is 0 Å². The molecule has 0 fully saturated rings. The van der Waals surface area contributed by atoms with Crippen LogP contribution < -0.4 is 14.9 Å². The van der Waals surface area contributed by atoms with E-state index in [2.05, 4.69) is 4.74 Å². The number of carbonyl (C=O) groups excluding carboxylic acids is 1. The zero-order valence-corrected chi connectivity index (χ0v) is 14.6. The highest BCUT2D eigenvalue weighted by Crippen LogP contribution is 2.27. The van der Waals surface area contributed by atoms with Gasteiger partial charge in [-0.15, -0.1) is 0 Å². The fourth-order valence-electron chi connectivity index (χ4n) is 2.48. The van der Waals surface area contributed by atoms with Crippen LogP contribution >= 0.6 is 0 Å². The predicted octanol–water partition coefficient (Wildman–Crippen LogP) is 3.83. The van der Waals surface area contributed by atoms with Crippen molar-refractivity contribution in [2.45, 2.75) is 20.0 Å². The summed E-state index contributed by atoms with van der Waals surface area (Å²) in [6.07, 6.45) is -0.772. The molecule has 3 aromatic rings. The van der Waals surface area contributed by atoms with Crippen LogP contribution in [-0.4, -0.2) is 19.2 Å². The summed E-state index contributed by atoms with van der Waals surface area (Å²) >= 11 is 0. The molecule has 0 radical (unpaired) electrons. The molecule has 0 aliphatic rings. The molecule has 1 aromatic heterocycles. The normalized spacial score (nSPS) is 11.8. The minimum absolute atomic E-state index is 0.139. The number of methoxy groups -OCH3 is 1. The molecule has 0 aliphatic carbocycles. The van der Waals surface area contributed by atoms with E-state index in [1.165, 1.54) is 7.11 Å². The van der Waals surface area contributed by atoms with Gasteiger partial charge in [0.2, 0.25) is 11.2 Å². The Bertz CT molecular complexity index is 990. The van der Waals surface area contributed by atoms with E-state index in [1.54, 1.807) is 44.2 Å². The Hall–Kier alpha value is -3.28. The molecule has 1 atom stereocenters. The van der Waals surface area contributed by atoms with Crippen LogP contribution in [0.1, 0.15) is 12.7 Å². The molecule has 0 amide bonds. The zero-order chi connectivity index (χ0) is 18.7. The van der Waals surface area contributed by atoms with E-state index in [9.17, 15) is 9.59 Å². The Kier molecular flexibility index (Phi) is 4.93. The second-order valence-electron chi connectivity index (χ2n) is 5.67. The largest absolute Gasteiger partial charge is 0.479 e. The maximum absolute atomic E-state index is 12.7. The van der Waals surface area contributed by atoms with Gasteiger partial charge in [-0.3, -0.25) is 4.79 Å². The van der Waals surface area contributed by atoms with Crippen molar-refractivity contribution < 1.29 is 23.4 Å². The van der Waals surface area contributed by atoms with Crippen molar-refractivity contribution in [2.24, 2.45) is 0 Å². The maximum Gasteiger partial charge on any atom is 0.346 e. The lowest BCUT2D eigenvalue weighted by molar-refractivity contribution is -0.147. The first-order chi connectivity index (χ1) is 12.5. The van der Waals surface area contributed by atoms with E-state index in [0.717, 1.165) is 0 Å². The van der Waals surface area contributed by atoms with Crippen LogP contribution in [0.25, 0.3) is 11.0 Å². The number of hydrogen-bond donors (Lipinski definition) is 0. The molecule has 0 spiro atoms. The van der Waals surface area contributed by atoms with E-state index in [4.69, 9.17) is 13.9 Å². The lowest BCUT2D eigenvalue weighted by Gasteiger charge is -2.13. The van der Waals surface area contributed by atoms with Gasteiger partial charge in [-0.1, -0.05) is 18.2 Å². The molecule has 0 aliphatic heterocycles. The van der Waals surface area contributed by atoms with Gasteiger partial charge in [-0.05, 0) is 38.1 Å². The standard InChI is InChI=1S/C20H18O6/c1-12-19(26-14-7-5-4-6-8-14)18(21)16-10-9-15(11-17(16)25-12)24-13(2)20(22)23-3/h4-11,13H,1-3H3. The molecule has 0 saturated carbocycles.